The molecule has 1 saturated heterocycles. The molecule has 0 aromatic rings. The number of hydrogen-bond acceptors (Lipinski definition) is 3. The topological polar surface area (TPSA) is 38.8 Å². The van der Waals surface area contributed by atoms with Crippen molar-refractivity contribution in [1.82, 2.24) is 4.90 Å². The monoisotopic (exact) mass is 201 g/mol. The lowest BCUT2D eigenvalue weighted by molar-refractivity contribution is -0.145. The van der Waals surface area contributed by atoms with Gasteiger partial charge in [-0.05, 0) is 20.8 Å². The average Bonchev–Trinajstić information content (AvgIpc) is 2.15. The van der Waals surface area contributed by atoms with Crippen molar-refractivity contribution in [2.75, 3.05) is 26.4 Å². The Hall–Kier alpha value is -0.610. The molecular weight excluding hydrogens is 182 g/mol. The predicted molar refractivity (Wildman–Crippen MR) is 53.1 cm³/mol. The zero-order chi connectivity index (χ0) is 10.6. The molecule has 0 radical (unpaired) electrons. The molecule has 1 rings (SSSR count). The van der Waals surface area contributed by atoms with E-state index in [2.05, 4.69) is 0 Å². The van der Waals surface area contributed by atoms with Gasteiger partial charge in [-0.15, -0.1) is 0 Å². The number of carbonyl (C=O) groups excluding carboxylic acids is 1. The highest BCUT2D eigenvalue weighted by Crippen LogP contribution is 2.06. The van der Waals surface area contributed by atoms with Gasteiger partial charge in [0, 0.05) is 6.54 Å². The SMILES string of the molecule is CC(C)OCC(=O)N1CCOC[C@H]1C. The highest BCUT2D eigenvalue weighted by Gasteiger charge is 2.23. The van der Waals surface area contributed by atoms with Gasteiger partial charge in [0.1, 0.15) is 6.61 Å². The van der Waals surface area contributed by atoms with E-state index in [9.17, 15) is 4.79 Å². The summed E-state index contributed by atoms with van der Waals surface area (Å²) in [5.74, 6) is 0.0644. The van der Waals surface area contributed by atoms with E-state index in [1.165, 1.54) is 0 Å². The van der Waals surface area contributed by atoms with Crippen LogP contribution < -0.4 is 0 Å². The molecule has 0 unspecified atom stereocenters. The van der Waals surface area contributed by atoms with Gasteiger partial charge in [0.2, 0.25) is 5.91 Å². The van der Waals surface area contributed by atoms with Crippen molar-refractivity contribution >= 4 is 5.91 Å². The Balaban J connectivity index is 2.34. The maximum absolute atomic E-state index is 11.7. The second-order valence-corrected chi connectivity index (χ2v) is 3.87. The van der Waals surface area contributed by atoms with Crippen molar-refractivity contribution < 1.29 is 14.3 Å². The van der Waals surface area contributed by atoms with E-state index < -0.39 is 0 Å². The lowest BCUT2D eigenvalue weighted by atomic mass is 10.2. The van der Waals surface area contributed by atoms with Gasteiger partial charge in [0.05, 0.1) is 25.4 Å². The van der Waals surface area contributed by atoms with Crippen LogP contribution in [0, 0.1) is 0 Å². The molecule has 4 nitrogen and oxygen atoms in total. The summed E-state index contributed by atoms with van der Waals surface area (Å²) < 4.78 is 10.5. The predicted octanol–water partition coefficient (Wildman–Crippen LogP) is 0.659. The average molecular weight is 201 g/mol. The van der Waals surface area contributed by atoms with Crippen molar-refractivity contribution in [3.8, 4) is 0 Å². The van der Waals surface area contributed by atoms with E-state index in [0.29, 0.717) is 19.8 Å². The van der Waals surface area contributed by atoms with Crippen LogP contribution in [-0.4, -0.2) is 49.3 Å². The van der Waals surface area contributed by atoms with Gasteiger partial charge in [-0.2, -0.15) is 0 Å². The van der Waals surface area contributed by atoms with Crippen LogP contribution in [0.3, 0.4) is 0 Å². The highest BCUT2D eigenvalue weighted by molar-refractivity contribution is 5.77. The standard InChI is InChI=1S/C10H19NO3/c1-8(2)14-7-10(12)11-4-5-13-6-9(11)3/h8-9H,4-7H2,1-3H3/t9-/m1/s1. The van der Waals surface area contributed by atoms with Crippen molar-refractivity contribution in [1.29, 1.82) is 0 Å². The minimum Gasteiger partial charge on any atom is -0.377 e. The lowest BCUT2D eigenvalue weighted by Crippen LogP contribution is -2.48. The van der Waals surface area contributed by atoms with Crippen LogP contribution in [0.15, 0.2) is 0 Å². The van der Waals surface area contributed by atoms with Gasteiger partial charge in [-0.1, -0.05) is 0 Å². The van der Waals surface area contributed by atoms with Crippen LogP contribution in [0.1, 0.15) is 20.8 Å². The summed E-state index contributed by atoms with van der Waals surface area (Å²) in [6, 6.07) is 0.173. The number of rotatable bonds is 3. The second-order valence-electron chi connectivity index (χ2n) is 3.87. The first kappa shape index (κ1) is 11.5. The molecular formula is C10H19NO3. The summed E-state index contributed by atoms with van der Waals surface area (Å²) in [6.45, 7) is 7.98. The van der Waals surface area contributed by atoms with Crippen molar-refractivity contribution in [3.63, 3.8) is 0 Å². The van der Waals surface area contributed by atoms with Gasteiger partial charge in [-0.25, -0.2) is 0 Å². The van der Waals surface area contributed by atoms with Crippen LogP contribution in [0.2, 0.25) is 0 Å². The molecule has 0 aromatic heterocycles. The summed E-state index contributed by atoms with van der Waals surface area (Å²) in [5, 5.41) is 0. The number of amides is 1. The van der Waals surface area contributed by atoms with Crippen molar-refractivity contribution in [2.45, 2.75) is 32.9 Å². The van der Waals surface area contributed by atoms with E-state index in [1.54, 1.807) is 0 Å². The van der Waals surface area contributed by atoms with Gasteiger partial charge < -0.3 is 14.4 Å². The molecule has 0 saturated carbocycles. The number of nitrogens with zero attached hydrogens (tertiary/aromatic N) is 1. The maximum Gasteiger partial charge on any atom is 0.248 e. The van der Waals surface area contributed by atoms with E-state index in [-0.39, 0.29) is 24.7 Å². The largest absolute Gasteiger partial charge is 0.377 e. The summed E-state index contributed by atoms with van der Waals surface area (Å²) >= 11 is 0. The summed E-state index contributed by atoms with van der Waals surface area (Å²) in [5.41, 5.74) is 0. The first-order chi connectivity index (χ1) is 6.61. The Morgan fingerprint density at radius 3 is 2.93 bits per heavy atom. The van der Waals surface area contributed by atoms with E-state index >= 15 is 0 Å². The molecule has 14 heavy (non-hydrogen) atoms. The Labute approximate surface area is 85.2 Å². The van der Waals surface area contributed by atoms with Gasteiger partial charge in [0.25, 0.3) is 0 Å². The molecule has 0 spiro atoms. The molecule has 1 fully saturated rings. The van der Waals surface area contributed by atoms with Gasteiger partial charge in [-0.3, -0.25) is 4.79 Å². The molecule has 0 aromatic carbocycles. The minimum absolute atomic E-state index is 0.0644. The van der Waals surface area contributed by atoms with Crippen molar-refractivity contribution in [3.05, 3.63) is 0 Å². The van der Waals surface area contributed by atoms with E-state index in [4.69, 9.17) is 9.47 Å². The third kappa shape index (κ3) is 3.27. The van der Waals surface area contributed by atoms with Gasteiger partial charge >= 0.3 is 0 Å². The fraction of sp³-hybridized carbons (Fsp3) is 0.900. The Morgan fingerprint density at radius 2 is 2.36 bits per heavy atom. The lowest BCUT2D eigenvalue weighted by Gasteiger charge is -2.33. The zero-order valence-corrected chi connectivity index (χ0v) is 9.16. The summed E-state index contributed by atoms with van der Waals surface area (Å²) in [7, 11) is 0. The molecule has 1 aliphatic rings. The molecule has 4 heteroatoms. The van der Waals surface area contributed by atoms with Crippen molar-refractivity contribution in [2.24, 2.45) is 0 Å². The van der Waals surface area contributed by atoms with E-state index in [1.807, 2.05) is 25.7 Å². The van der Waals surface area contributed by atoms with Crippen LogP contribution in [0.4, 0.5) is 0 Å². The quantitative estimate of drug-likeness (QED) is 0.673. The first-order valence-corrected chi connectivity index (χ1v) is 5.10. The molecule has 1 aliphatic heterocycles. The van der Waals surface area contributed by atoms with Crippen LogP contribution >= 0.6 is 0 Å². The zero-order valence-electron chi connectivity index (χ0n) is 9.16. The molecule has 1 heterocycles. The Kier molecular flexibility index (Phi) is 4.35. The highest BCUT2D eigenvalue weighted by atomic mass is 16.5. The Bertz CT molecular complexity index is 194. The molecule has 0 aliphatic carbocycles. The van der Waals surface area contributed by atoms with Crippen LogP contribution in [0.5, 0.6) is 0 Å². The second kappa shape index (κ2) is 5.32. The van der Waals surface area contributed by atoms with Crippen LogP contribution in [-0.2, 0) is 14.3 Å². The maximum atomic E-state index is 11.7. The van der Waals surface area contributed by atoms with Crippen LogP contribution in [0.25, 0.3) is 0 Å². The molecule has 0 N–H and O–H groups in total. The fourth-order valence-electron chi connectivity index (χ4n) is 1.42. The third-order valence-corrected chi connectivity index (χ3v) is 2.23. The summed E-state index contributed by atoms with van der Waals surface area (Å²) in [6.07, 6.45) is 0.107. The summed E-state index contributed by atoms with van der Waals surface area (Å²) in [4.78, 5) is 13.5. The van der Waals surface area contributed by atoms with Gasteiger partial charge in [0.15, 0.2) is 0 Å². The number of ether oxygens (including phenoxy) is 2. The smallest absolute Gasteiger partial charge is 0.248 e. The number of morpholine rings is 1. The molecule has 0 bridgehead atoms. The molecule has 82 valence electrons. The number of carbonyl (C=O) groups is 1. The third-order valence-electron chi connectivity index (χ3n) is 2.23. The normalized spacial score (nSPS) is 22.9. The fourth-order valence-corrected chi connectivity index (χ4v) is 1.42. The number of hydrogen-bond donors (Lipinski definition) is 0. The van der Waals surface area contributed by atoms with E-state index in [0.717, 1.165) is 0 Å². The minimum atomic E-state index is 0.0644. The first-order valence-electron chi connectivity index (χ1n) is 5.10. The molecule has 1 amide bonds. The molecule has 1 atom stereocenters. The Morgan fingerprint density at radius 1 is 1.64 bits per heavy atom.